The van der Waals surface area contributed by atoms with Gasteiger partial charge >= 0.3 is 0 Å². The average Bonchev–Trinajstić information content (AvgIpc) is 3.19. The normalized spacial score (nSPS) is 18.2. The van der Waals surface area contributed by atoms with E-state index in [0.29, 0.717) is 30.1 Å². The number of carbonyl (C=O) groups is 1. The van der Waals surface area contributed by atoms with Crippen molar-refractivity contribution in [3.8, 4) is 0 Å². The van der Waals surface area contributed by atoms with E-state index < -0.39 is 5.79 Å². The minimum absolute atomic E-state index is 0.0700. The highest BCUT2D eigenvalue weighted by molar-refractivity contribution is 7.99. The van der Waals surface area contributed by atoms with Gasteiger partial charge in [-0.2, -0.15) is 0 Å². The molecule has 2 saturated heterocycles. The van der Waals surface area contributed by atoms with Crippen LogP contribution in [0.25, 0.3) is 0 Å². The Morgan fingerprint density at radius 1 is 1.17 bits per heavy atom. The summed E-state index contributed by atoms with van der Waals surface area (Å²) in [4.78, 5) is 23.1. The largest absolute Gasteiger partial charge is 0.356 e. The number of ether oxygens (including phenoxy) is 2. The molecule has 4 rings (SSSR count). The molecule has 1 aromatic carbocycles. The van der Waals surface area contributed by atoms with Gasteiger partial charge in [0.25, 0.3) is 0 Å². The fourth-order valence-corrected chi connectivity index (χ4v) is 4.36. The van der Waals surface area contributed by atoms with Crippen molar-refractivity contribution in [3.05, 3.63) is 47.1 Å². The van der Waals surface area contributed by atoms with Crippen LogP contribution >= 0.6 is 23.4 Å². The molecule has 0 radical (unpaired) electrons. The molecule has 29 heavy (non-hydrogen) atoms. The number of halogens is 1. The van der Waals surface area contributed by atoms with E-state index in [2.05, 4.69) is 20.2 Å². The summed E-state index contributed by atoms with van der Waals surface area (Å²) in [5.41, 5.74) is 1.06. The molecule has 1 spiro atoms. The monoisotopic (exact) mass is 434 g/mol. The zero-order valence-electron chi connectivity index (χ0n) is 16.0. The topological polar surface area (TPSA) is 76.6 Å². The highest BCUT2D eigenvalue weighted by atomic mass is 35.5. The maximum Gasteiger partial charge on any atom is 0.230 e. The summed E-state index contributed by atoms with van der Waals surface area (Å²) in [6.07, 6.45) is 1.58. The maximum atomic E-state index is 12.1. The molecule has 7 nitrogen and oxygen atoms in total. The van der Waals surface area contributed by atoms with Crippen molar-refractivity contribution in [1.82, 2.24) is 15.3 Å². The van der Waals surface area contributed by atoms with Crippen LogP contribution in [0.15, 0.2) is 41.6 Å². The Labute approximate surface area is 179 Å². The van der Waals surface area contributed by atoms with E-state index in [-0.39, 0.29) is 11.7 Å². The van der Waals surface area contributed by atoms with Crippen LogP contribution in [-0.2, 0) is 20.8 Å². The van der Waals surface area contributed by atoms with Crippen molar-refractivity contribution in [2.45, 2.75) is 30.3 Å². The fraction of sp³-hybridized carbons (Fsp3) is 0.450. The predicted octanol–water partition coefficient (Wildman–Crippen LogP) is 2.88. The van der Waals surface area contributed by atoms with E-state index in [1.54, 1.807) is 6.07 Å². The molecule has 0 bridgehead atoms. The lowest BCUT2D eigenvalue weighted by Crippen LogP contribution is -2.45. The van der Waals surface area contributed by atoms with E-state index in [1.807, 2.05) is 30.3 Å². The number of nitrogens with one attached hydrogen (secondary N) is 1. The first-order valence-corrected chi connectivity index (χ1v) is 11.0. The lowest BCUT2D eigenvalue weighted by atomic mass is 10.0. The summed E-state index contributed by atoms with van der Waals surface area (Å²) in [5, 5.41) is 3.77. The van der Waals surface area contributed by atoms with E-state index in [0.717, 1.165) is 37.3 Å². The third kappa shape index (κ3) is 5.39. The summed E-state index contributed by atoms with van der Waals surface area (Å²) in [6.45, 7) is 3.37. The van der Waals surface area contributed by atoms with E-state index in [4.69, 9.17) is 21.1 Å². The van der Waals surface area contributed by atoms with Gasteiger partial charge in [-0.05, 0) is 5.56 Å². The summed E-state index contributed by atoms with van der Waals surface area (Å²) < 4.78 is 11.6. The van der Waals surface area contributed by atoms with Crippen molar-refractivity contribution in [3.63, 3.8) is 0 Å². The van der Waals surface area contributed by atoms with Gasteiger partial charge in [0.1, 0.15) is 11.0 Å². The first-order chi connectivity index (χ1) is 14.1. The molecule has 0 saturated carbocycles. The van der Waals surface area contributed by atoms with Gasteiger partial charge in [0.2, 0.25) is 5.91 Å². The number of aromatic nitrogens is 2. The predicted molar refractivity (Wildman–Crippen MR) is 112 cm³/mol. The van der Waals surface area contributed by atoms with Gasteiger partial charge in [-0.3, -0.25) is 4.79 Å². The van der Waals surface area contributed by atoms with Crippen molar-refractivity contribution in [2.75, 3.05) is 37.0 Å². The molecule has 0 unspecified atom stereocenters. The molecular formula is C20H23ClN4O3S. The van der Waals surface area contributed by atoms with Crippen LogP contribution in [0.4, 0.5) is 5.82 Å². The molecule has 2 aliphatic rings. The summed E-state index contributed by atoms with van der Waals surface area (Å²) in [5.74, 6) is 0.503. The Bertz CT molecular complexity index is 839. The van der Waals surface area contributed by atoms with Crippen LogP contribution in [0.3, 0.4) is 0 Å². The lowest BCUT2D eigenvalue weighted by molar-refractivity contribution is -0.169. The van der Waals surface area contributed by atoms with Crippen molar-refractivity contribution < 1.29 is 14.3 Å². The molecular weight excluding hydrogens is 412 g/mol. The molecule has 2 fully saturated rings. The minimum Gasteiger partial charge on any atom is -0.356 e. The summed E-state index contributed by atoms with van der Waals surface area (Å²) in [7, 11) is 0. The van der Waals surface area contributed by atoms with Crippen LogP contribution in [0.5, 0.6) is 0 Å². The Balaban J connectivity index is 1.30. The van der Waals surface area contributed by atoms with E-state index >= 15 is 0 Å². The number of hydrogen-bond donors (Lipinski definition) is 1. The SMILES string of the molecule is O=C(CSc1nc(Cl)cc(N2CCC3(CC2)OCCO3)n1)NCc1ccccc1. The van der Waals surface area contributed by atoms with Crippen LogP contribution in [0.2, 0.25) is 5.15 Å². The molecule has 0 atom stereocenters. The van der Waals surface area contributed by atoms with Gasteiger partial charge in [-0.15, -0.1) is 0 Å². The lowest BCUT2D eigenvalue weighted by Gasteiger charge is -2.38. The van der Waals surface area contributed by atoms with Gasteiger partial charge in [0, 0.05) is 38.5 Å². The van der Waals surface area contributed by atoms with Gasteiger partial charge in [-0.1, -0.05) is 53.7 Å². The van der Waals surface area contributed by atoms with Gasteiger partial charge in [-0.25, -0.2) is 9.97 Å². The van der Waals surface area contributed by atoms with Crippen molar-refractivity contribution in [1.29, 1.82) is 0 Å². The average molecular weight is 435 g/mol. The van der Waals surface area contributed by atoms with Crippen molar-refractivity contribution in [2.24, 2.45) is 0 Å². The number of carbonyl (C=O) groups excluding carboxylic acids is 1. The fourth-order valence-electron chi connectivity index (χ4n) is 3.45. The third-order valence-electron chi connectivity index (χ3n) is 4.99. The second-order valence-electron chi connectivity index (χ2n) is 6.98. The maximum absolute atomic E-state index is 12.1. The quantitative estimate of drug-likeness (QED) is 0.425. The Morgan fingerprint density at radius 3 is 2.62 bits per heavy atom. The smallest absolute Gasteiger partial charge is 0.230 e. The molecule has 2 aromatic rings. The van der Waals surface area contributed by atoms with Gasteiger partial charge in [0.15, 0.2) is 10.9 Å². The second-order valence-corrected chi connectivity index (χ2v) is 8.31. The number of piperidine rings is 1. The van der Waals surface area contributed by atoms with E-state index in [9.17, 15) is 4.79 Å². The number of amides is 1. The molecule has 154 valence electrons. The zero-order valence-corrected chi connectivity index (χ0v) is 17.5. The Hall–Kier alpha value is -1.87. The number of rotatable bonds is 6. The number of nitrogens with zero attached hydrogens (tertiary/aromatic N) is 3. The van der Waals surface area contributed by atoms with Crippen LogP contribution in [-0.4, -0.2) is 53.7 Å². The highest BCUT2D eigenvalue weighted by Crippen LogP contribution is 2.33. The van der Waals surface area contributed by atoms with Gasteiger partial charge in [0.05, 0.1) is 19.0 Å². The Kier molecular flexibility index (Phi) is 6.54. The molecule has 1 N–H and O–H groups in total. The van der Waals surface area contributed by atoms with Crippen LogP contribution in [0, 0.1) is 0 Å². The van der Waals surface area contributed by atoms with Crippen LogP contribution in [0.1, 0.15) is 18.4 Å². The Morgan fingerprint density at radius 2 is 1.90 bits per heavy atom. The standard InChI is InChI=1S/C20H23ClN4O3S/c21-16-12-17(25-8-6-20(7-9-25)27-10-11-28-20)24-19(23-16)29-14-18(26)22-13-15-4-2-1-3-5-15/h1-5,12H,6-11,13-14H2,(H,22,26). The van der Waals surface area contributed by atoms with E-state index in [1.165, 1.54) is 11.8 Å². The van der Waals surface area contributed by atoms with Crippen molar-refractivity contribution >= 4 is 35.1 Å². The summed E-state index contributed by atoms with van der Waals surface area (Å²) in [6, 6.07) is 11.6. The second kappa shape index (κ2) is 9.30. The van der Waals surface area contributed by atoms with Crippen LogP contribution < -0.4 is 10.2 Å². The minimum atomic E-state index is -0.429. The number of thioether (sulfide) groups is 1. The molecule has 1 amide bonds. The third-order valence-corrected chi connectivity index (χ3v) is 6.03. The molecule has 0 aliphatic carbocycles. The number of benzene rings is 1. The van der Waals surface area contributed by atoms with Gasteiger partial charge < -0.3 is 19.7 Å². The highest BCUT2D eigenvalue weighted by Gasteiger charge is 2.40. The first-order valence-electron chi connectivity index (χ1n) is 9.63. The molecule has 9 heteroatoms. The molecule has 1 aromatic heterocycles. The zero-order chi connectivity index (χ0) is 20.1. The first kappa shape index (κ1) is 20.4. The molecule has 3 heterocycles. The summed E-state index contributed by atoms with van der Waals surface area (Å²) >= 11 is 7.49. The molecule has 2 aliphatic heterocycles. The number of hydrogen-bond acceptors (Lipinski definition) is 7. The number of anilines is 1.